The molecule has 28 heavy (non-hydrogen) atoms. The van der Waals surface area contributed by atoms with E-state index in [1.54, 1.807) is 0 Å². The van der Waals surface area contributed by atoms with Crippen LogP contribution in [0.3, 0.4) is 0 Å². The van der Waals surface area contributed by atoms with Crippen LogP contribution in [0.4, 0.5) is 14.5 Å². The van der Waals surface area contributed by atoms with Gasteiger partial charge in [0.25, 0.3) is 5.91 Å². The van der Waals surface area contributed by atoms with Gasteiger partial charge in [0.1, 0.15) is 0 Å². The second-order valence-corrected chi connectivity index (χ2v) is 6.54. The van der Waals surface area contributed by atoms with Gasteiger partial charge in [0.2, 0.25) is 0 Å². The van der Waals surface area contributed by atoms with Crippen molar-refractivity contribution in [2.24, 2.45) is 5.92 Å². The Morgan fingerprint density at radius 3 is 2.43 bits per heavy atom. The highest BCUT2D eigenvalue weighted by molar-refractivity contribution is 6.39. The van der Waals surface area contributed by atoms with Crippen molar-refractivity contribution in [3.8, 4) is 11.5 Å². The summed E-state index contributed by atoms with van der Waals surface area (Å²) in [6.07, 6.45) is 4.74. The highest BCUT2D eigenvalue weighted by atomic mass is 35.5. The van der Waals surface area contributed by atoms with Crippen LogP contribution < -0.4 is 14.8 Å². The number of carbonyl (C=O) groups is 1. The lowest BCUT2D eigenvalue weighted by atomic mass is 10.2. The number of nitrogens with one attached hydrogen (secondary N) is 1. The lowest BCUT2D eigenvalue weighted by Crippen LogP contribution is -2.14. The topological polar surface area (TPSA) is 60.5 Å². The molecule has 9 heteroatoms. The van der Waals surface area contributed by atoms with Crippen LogP contribution in [0.15, 0.2) is 30.6 Å². The van der Waals surface area contributed by atoms with Gasteiger partial charge in [-0.05, 0) is 37.0 Å². The number of carbonyl (C=O) groups excluding carboxylic acids is 1. The summed E-state index contributed by atoms with van der Waals surface area (Å²) in [6, 6.07) is 3.96. The second kappa shape index (κ2) is 10.4. The van der Waals surface area contributed by atoms with Crippen molar-refractivity contribution < 1.29 is 23.0 Å². The zero-order valence-corrected chi connectivity index (χ0v) is 16.9. The first-order valence-corrected chi connectivity index (χ1v) is 9.51. The molecule has 1 N–H and O–H groups in total. The summed E-state index contributed by atoms with van der Waals surface area (Å²) in [6.45, 7) is 1.39. The van der Waals surface area contributed by atoms with Crippen molar-refractivity contribution in [1.29, 1.82) is 0 Å². The van der Waals surface area contributed by atoms with Gasteiger partial charge in [0.15, 0.2) is 11.5 Å². The van der Waals surface area contributed by atoms with Crippen LogP contribution in [0, 0.1) is 5.92 Å². The zero-order valence-electron chi connectivity index (χ0n) is 15.3. The van der Waals surface area contributed by atoms with E-state index in [2.05, 4.69) is 15.0 Å². The van der Waals surface area contributed by atoms with Crippen LogP contribution in [-0.4, -0.2) is 24.1 Å². The minimum absolute atomic E-state index is 0.0803. The number of aromatic nitrogens is 1. The number of nitrogens with zero attached hydrogens (tertiary/aromatic N) is 1. The van der Waals surface area contributed by atoms with Gasteiger partial charge >= 0.3 is 6.61 Å². The number of halogens is 4. The molecule has 1 amide bonds. The minimum atomic E-state index is -2.99. The fraction of sp³-hybridized carbons (Fsp3) is 0.368. The quantitative estimate of drug-likeness (QED) is 0.577. The first-order valence-electron chi connectivity index (χ1n) is 8.76. The van der Waals surface area contributed by atoms with Gasteiger partial charge < -0.3 is 14.8 Å². The molecule has 0 bridgehead atoms. The van der Waals surface area contributed by atoms with Crippen molar-refractivity contribution in [3.63, 3.8) is 0 Å². The van der Waals surface area contributed by atoms with Crippen molar-refractivity contribution >= 4 is 34.8 Å². The summed E-state index contributed by atoms with van der Waals surface area (Å²) in [5.41, 5.74) is 0.392. The molecule has 1 saturated carbocycles. The summed E-state index contributed by atoms with van der Waals surface area (Å²) >= 11 is 12.0. The van der Waals surface area contributed by atoms with Gasteiger partial charge in [-0.15, -0.1) is 0 Å². The van der Waals surface area contributed by atoms with E-state index in [4.69, 9.17) is 27.9 Å². The van der Waals surface area contributed by atoms with Gasteiger partial charge in [-0.1, -0.05) is 37.0 Å². The van der Waals surface area contributed by atoms with Crippen molar-refractivity contribution in [2.75, 3.05) is 11.9 Å². The molecule has 2 aromatic rings. The van der Waals surface area contributed by atoms with Crippen LogP contribution in [-0.2, 0) is 0 Å². The van der Waals surface area contributed by atoms with Gasteiger partial charge in [0.05, 0.1) is 22.3 Å². The molecule has 1 aromatic heterocycles. The van der Waals surface area contributed by atoms with Crippen LogP contribution in [0.2, 0.25) is 10.0 Å². The molecule has 1 aliphatic carbocycles. The third kappa shape index (κ3) is 6.21. The van der Waals surface area contributed by atoms with Gasteiger partial charge in [0, 0.05) is 18.0 Å². The van der Waals surface area contributed by atoms with Gasteiger partial charge in [-0.3, -0.25) is 9.78 Å². The molecule has 0 radical (unpaired) electrons. The third-order valence-electron chi connectivity index (χ3n) is 3.69. The molecule has 0 aliphatic heterocycles. The van der Waals surface area contributed by atoms with E-state index in [-0.39, 0.29) is 32.8 Å². The average molecular weight is 433 g/mol. The Morgan fingerprint density at radius 1 is 1.21 bits per heavy atom. The number of alkyl halides is 2. The molecule has 152 valence electrons. The Kier molecular flexibility index (Phi) is 8.26. The molecular weight excluding hydrogens is 413 g/mol. The maximum Gasteiger partial charge on any atom is 0.387 e. The lowest BCUT2D eigenvalue weighted by Gasteiger charge is -2.14. The largest absolute Gasteiger partial charge is 0.489 e. The lowest BCUT2D eigenvalue weighted by molar-refractivity contribution is -0.0515. The van der Waals surface area contributed by atoms with Gasteiger partial charge in [-0.2, -0.15) is 8.78 Å². The highest BCUT2D eigenvalue weighted by Crippen LogP contribution is 2.35. The first kappa shape index (κ1) is 22.2. The average Bonchev–Trinajstić information content (AvgIpc) is 3.49. The van der Waals surface area contributed by atoms with E-state index in [0.717, 1.165) is 12.8 Å². The third-order valence-corrected chi connectivity index (χ3v) is 4.26. The number of rotatable bonds is 7. The molecule has 1 heterocycles. The molecule has 1 aliphatic rings. The number of benzene rings is 1. The van der Waals surface area contributed by atoms with E-state index in [1.165, 1.54) is 30.6 Å². The van der Waals surface area contributed by atoms with Crippen LogP contribution in [0.1, 0.15) is 37.0 Å². The standard InChI is InChI=1S/C17H14Cl2F2N2O3.C2H6/c18-11-6-22-7-12(19)15(11)23-16(24)10-3-4-13(26-17(20)21)14(5-10)25-8-9-1-2-9;1-2/h3-7,9,17H,1-2,8H2,(H,22,23,24);1-2H3. The van der Waals surface area contributed by atoms with Crippen LogP contribution in [0.5, 0.6) is 11.5 Å². The van der Waals surface area contributed by atoms with E-state index in [9.17, 15) is 13.6 Å². The Morgan fingerprint density at radius 2 is 1.86 bits per heavy atom. The molecule has 0 saturated heterocycles. The monoisotopic (exact) mass is 432 g/mol. The minimum Gasteiger partial charge on any atom is -0.489 e. The Hall–Kier alpha value is -2.12. The number of hydrogen-bond acceptors (Lipinski definition) is 4. The van der Waals surface area contributed by atoms with Crippen molar-refractivity contribution in [1.82, 2.24) is 4.98 Å². The van der Waals surface area contributed by atoms with E-state index >= 15 is 0 Å². The molecule has 0 unspecified atom stereocenters. The van der Waals surface area contributed by atoms with E-state index in [1.807, 2.05) is 13.8 Å². The van der Waals surface area contributed by atoms with Crippen LogP contribution >= 0.6 is 23.2 Å². The molecular formula is C19H20Cl2F2N2O3. The SMILES string of the molecule is CC.O=C(Nc1c(Cl)cncc1Cl)c1ccc(OC(F)F)c(OCC2CC2)c1. The second-order valence-electron chi connectivity index (χ2n) is 5.73. The molecule has 0 atom stereocenters. The van der Waals surface area contributed by atoms with E-state index < -0.39 is 12.5 Å². The fourth-order valence-electron chi connectivity index (χ4n) is 2.16. The normalized spacial score (nSPS) is 12.8. The number of amides is 1. The Labute approximate surface area is 172 Å². The maximum atomic E-state index is 12.6. The number of anilines is 1. The predicted molar refractivity (Wildman–Crippen MR) is 105 cm³/mol. The summed E-state index contributed by atoms with van der Waals surface area (Å²) in [4.78, 5) is 16.3. The zero-order chi connectivity index (χ0) is 20.7. The molecule has 1 aromatic carbocycles. The van der Waals surface area contributed by atoms with Gasteiger partial charge in [-0.25, -0.2) is 0 Å². The predicted octanol–water partition coefficient (Wildman–Crippen LogP) is 6.06. The van der Waals surface area contributed by atoms with Crippen LogP contribution in [0.25, 0.3) is 0 Å². The Bertz CT molecular complexity index is 798. The fourth-order valence-corrected chi connectivity index (χ4v) is 2.62. The smallest absolute Gasteiger partial charge is 0.387 e. The number of pyridine rings is 1. The summed E-state index contributed by atoms with van der Waals surface area (Å²) in [5.74, 6) is -0.171. The van der Waals surface area contributed by atoms with Crippen molar-refractivity contribution in [3.05, 3.63) is 46.2 Å². The highest BCUT2D eigenvalue weighted by Gasteiger charge is 2.23. The molecule has 1 fully saturated rings. The number of hydrogen-bond donors (Lipinski definition) is 1. The summed E-state index contributed by atoms with van der Waals surface area (Å²) in [5, 5.41) is 2.92. The maximum absolute atomic E-state index is 12.6. The Balaban J connectivity index is 0.00000136. The molecule has 5 nitrogen and oxygen atoms in total. The molecule has 3 rings (SSSR count). The first-order chi connectivity index (χ1) is 13.4. The van der Waals surface area contributed by atoms with E-state index in [0.29, 0.717) is 12.5 Å². The summed E-state index contributed by atoms with van der Waals surface area (Å²) in [7, 11) is 0. The van der Waals surface area contributed by atoms with Crippen molar-refractivity contribution in [2.45, 2.75) is 33.3 Å². The molecule has 0 spiro atoms. The number of ether oxygens (including phenoxy) is 2. The summed E-state index contributed by atoms with van der Waals surface area (Å²) < 4.78 is 35.1.